The zero-order valence-electron chi connectivity index (χ0n) is 12.5. The zero-order valence-corrected chi connectivity index (χ0v) is 12.5. The van der Waals surface area contributed by atoms with Gasteiger partial charge in [0.1, 0.15) is 0 Å². The number of aryl methyl sites for hydroxylation is 1. The summed E-state index contributed by atoms with van der Waals surface area (Å²) >= 11 is 0. The van der Waals surface area contributed by atoms with Crippen molar-refractivity contribution >= 4 is 0 Å². The van der Waals surface area contributed by atoms with Gasteiger partial charge in [-0.25, -0.2) is 0 Å². The highest BCUT2D eigenvalue weighted by Crippen LogP contribution is 2.26. The summed E-state index contributed by atoms with van der Waals surface area (Å²) in [5, 5.41) is 7.60. The van der Waals surface area contributed by atoms with E-state index in [1.165, 1.54) is 13.1 Å². The summed E-state index contributed by atoms with van der Waals surface area (Å²) in [4.78, 5) is 9.57. The number of hydrogen-bond donors (Lipinski definition) is 1. The summed E-state index contributed by atoms with van der Waals surface area (Å²) in [6, 6.07) is 0.872. The van der Waals surface area contributed by atoms with Crippen LogP contribution in [0.3, 0.4) is 0 Å². The summed E-state index contributed by atoms with van der Waals surface area (Å²) in [5.41, 5.74) is 0. The molecule has 0 amide bonds. The minimum atomic E-state index is 0.337. The highest BCUT2D eigenvalue weighted by atomic mass is 16.5. The second-order valence-corrected chi connectivity index (χ2v) is 6.11. The maximum absolute atomic E-state index is 5.40. The molecule has 1 unspecified atom stereocenters. The van der Waals surface area contributed by atoms with Crippen LogP contribution in [-0.2, 0) is 6.42 Å². The lowest BCUT2D eigenvalue weighted by Gasteiger charge is -2.46. The molecule has 6 nitrogen and oxygen atoms in total. The Bertz CT molecular complexity index is 425. The van der Waals surface area contributed by atoms with Crippen LogP contribution in [0.5, 0.6) is 0 Å². The first-order valence-electron chi connectivity index (χ1n) is 7.74. The number of aromatic nitrogens is 2. The predicted molar refractivity (Wildman–Crippen MR) is 76.5 cm³/mol. The number of piperazine rings is 3. The Kier molecular flexibility index (Phi) is 4.33. The van der Waals surface area contributed by atoms with E-state index in [2.05, 4.69) is 39.1 Å². The topological polar surface area (TPSA) is 57.4 Å². The fourth-order valence-corrected chi connectivity index (χ4v) is 3.00. The maximum atomic E-state index is 5.40. The van der Waals surface area contributed by atoms with Crippen LogP contribution in [0.4, 0.5) is 0 Å². The van der Waals surface area contributed by atoms with Crippen LogP contribution in [0.25, 0.3) is 0 Å². The van der Waals surface area contributed by atoms with E-state index in [-0.39, 0.29) is 0 Å². The van der Waals surface area contributed by atoms with Crippen molar-refractivity contribution in [3.63, 3.8) is 0 Å². The largest absolute Gasteiger partial charge is 0.339 e. The van der Waals surface area contributed by atoms with E-state index >= 15 is 0 Å². The van der Waals surface area contributed by atoms with Gasteiger partial charge in [-0.3, -0.25) is 9.80 Å². The van der Waals surface area contributed by atoms with Gasteiger partial charge < -0.3 is 9.84 Å². The molecule has 0 spiro atoms. The standard InChI is InChI=1S/C14H25N5O/c1-11(2)15-5-3-4-13-16-14(17-20-13)12-10-18-6-8-19(12)9-7-18/h11-12,15H,3-10H2,1-2H3. The summed E-state index contributed by atoms with van der Waals surface area (Å²) in [7, 11) is 0. The van der Waals surface area contributed by atoms with Crippen molar-refractivity contribution in [2.45, 2.75) is 38.8 Å². The fourth-order valence-electron chi connectivity index (χ4n) is 3.00. The molecule has 1 aromatic rings. The summed E-state index contributed by atoms with van der Waals surface area (Å²) < 4.78 is 5.40. The molecule has 0 saturated carbocycles. The third-order valence-electron chi connectivity index (χ3n) is 4.18. The van der Waals surface area contributed by atoms with Crippen LogP contribution >= 0.6 is 0 Å². The highest BCUT2D eigenvalue weighted by Gasteiger charge is 2.35. The van der Waals surface area contributed by atoms with Crippen LogP contribution in [-0.4, -0.2) is 65.3 Å². The Hall–Kier alpha value is -0.980. The van der Waals surface area contributed by atoms with E-state index in [9.17, 15) is 0 Å². The normalized spacial score (nSPS) is 29.2. The molecule has 3 saturated heterocycles. The lowest BCUT2D eigenvalue weighted by Crippen LogP contribution is -2.57. The van der Waals surface area contributed by atoms with E-state index in [0.717, 1.165) is 50.7 Å². The summed E-state index contributed by atoms with van der Waals surface area (Å²) in [5.74, 6) is 1.66. The summed E-state index contributed by atoms with van der Waals surface area (Å²) in [6.45, 7) is 11.0. The zero-order chi connectivity index (χ0) is 13.9. The van der Waals surface area contributed by atoms with Gasteiger partial charge >= 0.3 is 0 Å². The number of fused-ring (bicyclic) bond motifs is 3. The molecule has 2 bridgehead atoms. The van der Waals surface area contributed by atoms with Gasteiger partial charge in [-0.05, 0) is 13.0 Å². The molecule has 1 aromatic heterocycles. The van der Waals surface area contributed by atoms with E-state index in [4.69, 9.17) is 4.52 Å². The monoisotopic (exact) mass is 279 g/mol. The maximum Gasteiger partial charge on any atom is 0.226 e. The Balaban J connectivity index is 1.52. The number of hydrogen-bond acceptors (Lipinski definition) is 6. The molecule has 6 heteroatoms. The van der Waals surface area contributed by atoms with Crippen LogP contribution in [0.1, 0.15) is 38.0 Å². The highest BCUT2D eigenvalue weighted by molar-refractivity contribution is 5.01. The second kappa shape index (κ2) is 6.20. The van der Waals surface area contributed by atoms with E-state index in [1.807, 2.05) is 0 Å². The van der Waals surface area contributed by atoms with Gasteiger partial charge in [0.25, 0.3) is 0 Å². The fraction of sp³-hybridized carbons (Fsp3) is 0.857. The first-order chi connectivity index (χ1) is 9.72. The first kappa shape index (κ1) is 14.0. The quantitative estimate of drug-likeness (QED) is 0.773. The molecule has 4 rings (SSSR count). The first-order valence-corrected chi connectivity index (χ1v) is 7.74. The Labute approximate surface area is 120 Å². The van der Waals surface area contributed by atoms with Gasteiger partial charge in [-0.1, -0.05) is 19.0 Å². The average molecular weight is 279 g/mol. The number of nitrogens with one attached hydrogen (secondary N) is 1. The van der Waals surface area contributed by atoms with Crippen molar-refractivity contribution in [3.8, 4) is 0 Å². The molecule has 3 aliphatic heterocycles. The van der Waals surface area contributed by atoms with Crippen molar-refractivity contribution in [3.05, 3.63) is 11.7 Å². The van der Waals surface area contributed by atoms with Gasteiger partial charge in [0, 0.05) is 45.2 Å². The molecule has 0 aromatic carbocycles. The van der Waals surface area contributed by atoms with Crippen LogP contribution in [0.2, 0.25) is 0 Å². The van der Waals surface area contributed by atoms with E-state index < -0.39 is 0 Å². The van der Waals surface area contributed by atoms with Gasteiger partial charge in [0.2, 0.25) is 5.89 Å². The third kappa shape index (κ3) is 3.19. The van der Waals surface area contributed by atoms with Crippen molar-refractivity contribution < 1.29 is 4.52 Å². The van der Waals surface area contributed by atoms with Crippen molar-refractivity contribution in [2.24, 2.45) is 0 Å². The Morgan fingerprint density at radius 1 is 1.30 bits per heavy atom. The number of nitrogens with zero attached hydrogens (tertiary/aromatic N) is 4. The SMILES string of the molecule is CC(C)NCCCc1nc(C2CN3CCN2CC3)no1. The Morgan fingerprint density at radius 2 is 2.10 bits per heavy atom. The predicted octanol–water partition coefficient (Wildman–Crippen LogP) is 0.673. The van der Waals surface area contributed by atoms with Crippen LogP contribution in [0.15, 0.2) is 4.52 Å². The molecule has 4 heterocycles. The van der Waals surface area contributed by atoms with Crippen molar-refractivity contribution in [2.75, 3.05) is 39.3 Å². The third-order valence-corrected chi connectivity index (χ3v) is 4.18. The molecule has 1 N–H and O–H groups in total. The number of rotatable bonds is 6. The molecule has 3 fully saturated rings. The molecular formula is C14H25N5O. The average Bonchev–Trinajstić information content (AvgIpc) is 2.93. The van der Waals surface area contributed by atoms with Gasteiger partial charge in [-0.15, -0.1) is 0 Å². The molecule has 20 heavy (non-hydrogen) atoms. The lowest BCUT2D eigenvalue weighted by molar-refractivity contribution is 0.00781. The molecular weight excluding hydrogens is 254 g/mol. The minimum Gasteiger partial charge on any atom is -0.339 e. The van der Waals surface area contributed by atoms with Crippen LogP contribution < -0.4 is 5.32 Å². The van der Waals surface area contributed by atoms with Gasteiger partial charge in [-0.2, -0.15) is 4.98 Å². The Morgan fingerprint density at radius 3 is 2.75 bits per heavy atom. The molecule has 1 atom stereocenters. The lowest BCUT2D eigenvalue weighted by atomic mass is 10.1. The van der Waals surface area contributed by atoms with Crippen molar-refractivity contribution in [1.29, 1.82) is 0 Å². The summed E-state index contributed by atoms with van der Waals surface area (Å²) in [6.07, 6.45) is 1.91. The van der Waals surface area contributed by atoms with Crippen LogP contribution in [0, 0.1) is 0 Å². The smallest absolute Gasteiger partial charge is 0.226 e. The van der Waals surface area contributed by atoms with Crippen molar-refractivity contribution in [1.82, 2.24) is 25.3 Å². The van der Waals surface area contributed by atoms with E-state index in [1.54, 1.807) is 0 Å². The molecule has 0 radical (unpaired) electrons. The molecule has 0 aliphatic carbocycles. The molecule has 112 valence electrons. The molecule has 3 aliphatic rings. The van der Waals surface area contributed by atoms with E-state index in [0.29, 0.717) is 12.1 Å². The van der Waals surface area contributed by atoms with Gasteiger partial charge in [0.15, 0.2) is 5.82 Å². The second-order valence-electron chi connectivity index (χ2n) is 6.11. The van der Waals surface area contributed by atoms with Gasteiger partial charge in [0.05, 0.1) is 6.04 Å². The minimum absolute atomic E-state index is 0.337.